The number of hydrogen-bond donors (Lipinski definition) is 2. The lowest BCUT2D eigenvalue weighted by Gasteiger charge is -2.01. The Morgan fingerprint density at radius 1 is 1.00 bits per heavy atom. The van der Waals surface area contributed by atoms with E-state index in [0.29, 0.717) is 0 Å². The average molecular weight is 260 g/mol. The summed E-state index contributed by atoms with van der Waals surface area (Å²) in [4.78, 5) is 12.4. The number of pyridine rings is 1. The summed E-state index contributed by atoms with van der Waals surface area (Å²) in [6, 6.07) is 15.8. The van der Waals surface area contributed by atoms with E-state index in [4.69, 9.17) is 5.73 Å². The van der Waals surface area contributed by atoms with E-state index in [9.17, 15) is 0 Å². The van der Waals surface area contributed by atoms with E-state index in [-0.39, 0.29) is 0 Å². The lowest BCUT2D eigenvalue weighted by Crippen LogP contribution is -1.87. The number of nitrogens with one attached hydrogen (secondary N) is 1. The van der Waals surface area contributed by atoms with Gasteiger partial charge in [0.1, 0.15) is 5.69 Å². The van der Waals surface area contributed by atoms with E-state index in [1.54, 1.807) is 6.20 Å². The van der Waals surface area contributed by atoms with Gasteiger partial charge in [0, 0.05) is 17.3 Å². The van der Waals surface area contributed by atoms with Gasteiger partial charge in [0.05, 0.1) is 11.0 Å². The maximum atomic E-state index is 5.80. The van der Waals surface area contributed by atoms with Gasteiger partial charge in [-0.2, -0.15) is 0 Å². The lowest BCUT2D eigenvalue weighted by molar-refractivity contribution is 1.26. The normalized spacial score (nSPS) is 11.2. The second-order valence-electron chi connectivity index (χ2n) is 4.74. The Morgan fingerprint density at radius 3 is 2.85 bits per heavy atom. The fourth-order valence-corrected chi connectivity index (χ4v) is 2.45. The highest BCUT2D eigenvalue weighted by atomic mass is 14.9. The van der Waals surface area contributed by atoms with Gasteiger partial charge >= 0.3 is 0 Å². The molecule has 0 aliphatic rings. The zero-order chi connectivity index (χ0) is 13.5. The monoisotopic (exact) mass is 260 g/mol. The summed E-state index contributed by atoms with van der Waals surface area (Å²) >= 11 is 0. The number of rotatable bonds is 1. The Labute approximate surface area is 115 Å². The summed E-state index contributed by atoms with van der Waals surface area (Å²) in [7, 11) is 0. The predicted molar refractivity (Wildman–Crippen MR) is 81.2 cm³/mol. The van der Waals surface area contributed by atoms with Crippen LogP contribution in [0.2, 0.25) is 0 Å². The van der Waals surface area contributed by atoms with E-state index >= 15 is 0 Å². The van der Waals surface area contributed by atoms with Gasteiger partial charge in [0.25, 0.3) is 0 Å². The van der Waals surface area contributed by atoms with E-state index in [1.807, 2.05) is 36.4 Å². The van der Waals surface area contributed by atoms with Crippen molar-refractivity contribution in [2.75, 3.05) is 5.73 Å². The summed E-state index contributed by atoms with van der Waals surface area (Å²) in [5.74, 6) is 0.766. The number of anilines is 1. The van der Waals surface area contributed by atoms with Gasteiger partial charge in [-0.1, -0.05) is 24.3 Å². The fourth-order valence-electron chi connectivity index (χ4n) is 2.45. The SMILES string of the molecule is Nc1ccc2nc(-c3nccc4ccccc34)[nH]c2c1. The number of aromatic nitrogens is 3. The molecular weight excluding hydrogens is 248 g/mol. The van der Waals surface area contributed by atoms with Crippen LogP contribution in [-0.2, 0) is 0 Å². The van der Waals surface area contributed by atoms with Crippen LogP contribution in [0.5, 0.6) is 0 Å². The highest BCUT2D eigenvalue weighted by molar-refractivity contribution is 5.94. The number of nitrogen functional groups attached to an aromatic ring is 1. The molecule has 0 atom stereocenters. The molecule has 0 unspecified atom stereocenters. The van der Waals surface area contributed by atoms with E-state index in [0.717, 1.165) is 39.0 Å². The van der Waals surface area contributed by atoms with Crippen LogP contribution in [0.25, 0.3) is 33.3 Å². The molecule has 4 heteroatoms. The van der Waals surface area contributed by atoms with Crippen LogP contribution in [0.4, 0.5) is 5.69 Å². The Morgan fingerprint density at radius 2 is 1.90 bits per heavy atom. The van der Waals surface area contributed by atoms with E-state index in [2.05, 4.69) is 27.1 Å². The largest absolute Gasteiger partial charge is 0.399 e. The topological polar surface area (TPSA) is 67.6 Å². The first-order valence-electron chi connectivity index (χ1n) is 6.41. The third-order valence-corrected chi connectivity index (χ3v) is 3.40. The maximum absolute atomic E-state index is 5.80. The molecule has 4 aromatic rings. The number of fused-ring (bicyclic) bond motifs is 2. The zero-order valence-electron chi connectivity index (χ0n) is 10.7. The first-order chi connectivity index (χ1) is 9.81. The van der Waals surface area contributed by atoms with Crippen LogP contribution in [0.1, 0.15) is 0 Å². The van der Waals surface area contributed by atoms with Crippen molar-refractivity contribution < 1.29 is 0 Å². The molecule has 4 nitrogen and oxygen atoms in total. The Balaban J connectivity index is 2.01. The van der Waals surface area contributed by atoms with Gasteiger partial charge in [-0.15, -0.1) is 0 Å². The highest BCUT2D eigenvalue weighted by Gasteiger charge is 2.09. The number of imidazole rings is 1. The number of hydrogen-bond acceptors (Lipinski definition) is 3. The number of benzene rings is 2. The molecule has 0 aliphatic carbocycles. The molecule has 2 heterocycles. The van der Waals surface area contributed by atoms with Crippen molar-refractivity contribution in [2.24, 2.45) is 0 Å². The Kier molecular flexibility index (Phi) is 2.23. The molecule has 0 radical (unpaired) electrons. The van der Waals surface area contributed by atoms with Crippen LogP contribution in [0.3, 0.4) is 0 Å². The molecule has 3 N–H and O–H groups in total. The third-order valence-electron chi connectivity index (χ3n) is 3.40. The molecule has 4 rings (SSSR count). The molecular formula is C16H12N4. The van der Waals surface area contributed by atoms with Crippen molar-refractivity contribution in [2.45, 2.75) is 0 Å². The second-order valence-corrected chi connectivity index (χ2v) is 4.74. The van der Waals surface area contributed by atoms with E-state index in [1.165, 1.54) is 0 Å². The molecule has 96 valence electrons. The van der Waals surface area contributed by atoms with Gasteiger partial charge in [-0.05, 0) is 29.7 Å². The highest BCUT2D eigenvalue weighted by Crippen LogP contribution is 2.26. The minimum Gasteiger partial charge on any atom is -0.399 e. The molecule has 0 spiro atoms. The van der Waals surface area contributed by atoms with Crippen LogP contribution in [0, 0.1) is 0 Å². The van der Waals surface area contributed by atoms with Crippen molar-refractivity contribution in [1.82, 2.24) is 15.0 Å². The minimum absolute atomic E-state index is 0.721. The molecule has 0 aliphatic heterocycles. The van der Waals surface area contributed by atoms with Crippen LogP contribution < -0.4 is 5.73 Å². The Hall–Kier alpha value is -2.88. The van der Waals surface area contributed by atoms with Gasteiger partial charge < -0.3 is 10.7 Å². The van der Waals surface area contributed by atoms with Crippen LogP contribution in [-0.4, -0.2) is 15.0 Å². The summed E-state index contributed by atoms with van der Waals surface area (Å²) in [6.07, 6.45) is 1.80. The van der Waals surface area contributed by atoms with Crippen LogP contribution >= 0.6 is 0 Å². The minimum atomic E-state index is 0.721. The van der Waals surface area contributed by atoms with Crippen molar-refractivity contribution in [3.8, 4) is 11.5 Å². The maximum Gasteiger partial charge on any atom is 0.157 e. The number of nitrogens with zero attached hydrogens (tertiary/aromatic N) is 2. The Bertz CT molecular complexity index is 919. The molecule has 20 heavy (non-hydrogen) atoms. The smallest absolute Gasteiger partial charge is 0.157 e. The van der Waals surface area contributed by atoms with Crippen molar-refractivity contribution in [3.63, 3.8) is 0 Å². The standard InChI is InChI=1S/C16H12N4/c17-11-5-6-13-14(9-11)20-16(19-13)15-12-4-2-1-3-10(12)7-8-18-15/h1-9H,17H2,(H,19,20). The van der Waals surface area contributed by atoms with Gasteiger partial charge in [-0.3, -0.25) is 4.98 Å². The van der Waals surface area contributed by atoms with Gasteiger partial charge in [0.15, 0.2) is 5.82 Å². The average Bonchev–Trinajstić information content (AvgIpc) is 2.89. The molecule has 0 amide bonds. The van der Waals surface area contributed by atoms with E-state index < -0.39 is 0 Å². The quantitative estimate of drug-likeness (QED) is 0.516. The van der Waals surface area contributed by atoms with Crippen molar-refractivity contribution in [3.05, 3.63) is 54.7 Å². The second kappa shape index (κ2) is 4.06. The zero-order valence-corrected chi connectivity index (χ0v) is 10.7. The van der Waals surface area contributed by atoms with Crippen molar-refractivity contribution in [1.29, 1.82) is 0 Å². The first-order valence-corrected chi connectivity index (χ1v) is 6.41. The van der Waals surface area contributed by atoms with Crippen LogP contribution in [0.15, 0.2) is 54.7 Å². The first kappa shape index (κ1) is 11.0. The predicted octanol–water partition coefficient (Wildman–Crippen LogP) is 3.36. The van der Waals surface area contributed by atoms with Gasteiger partial charge in [-0.25, -0.2) is 4.98 Å². The number of nitrogens with two attached hydrogens (primary N) is 1. The summed E-state index contributed by atoms with van der Waals surface area (Å²) in [6.45, 7) is 0. The summed E-state index contributed by atoms with van der Waals surface area (Å²) in [5.41, 5.74) is 9.20. The summed E-state index contributed by atoms with van der Waals surface area (Å²) < 4.78 is 0. The lowest BCUT2D eigenvalue weighted by atomic mass is 10.1. The third kappa shape index (κ3) is 1.62. The van der Waals surface area contributed by atoms with Gasteiger partial charge in [0.2, 0.25) is 0 Å². The molecule has 0 bridgehead atoms. The molecule has 2 aromatic carbocycles. The molecule has 0 fully saturated rings. The molecule has 0 saturated carbocycles. The summed E-state index contributed by atoms with van der Waals surface area (Å²) in [5, 5.41) is 2.24. The van der Waals surface area contributed by atoms with Crippen molar-refractivity contribution >= 4 is 27.5 Å². The fraction of sp³-hybridized carbons (Fsp3) is 0. The number of H-pyrrole nitrogens is 1. The molecule has 2 aromatic heterocycles. The number of aromatic amines is 1. The molecule has 0 saturated heterocycles.